The maximum absolute atomic E-state index is 6.13. The summed E-state index contributed by atoms with van der Waals surface area (Å²) in [6.45, 7) is 10.0. The molecule has 1 aliphatic rings. The van der Waals surface area contributed by atoms with Crippen molar-refractivity contribution in [1.82, 2.24) is 4.98 Å². The summed E-state index contributed by atoms with van der Waals surface area (Å²) in [5.74, 6) is 0.857. The third-order valence-corrected chi connectivity index (χ3v) is 5.84. The van der Waals surface area contributed by atoms with Crippen LogP contribution < -0.4 is 5.73 Å². The van der Waals surface area contributed by atoms with Gasteiger partial charge < -0.3 is 5.73 Å². The van der Waals surface area contributed by atoms with Crippen LogP contribution in [-0.4, -0.2) is 11.5 Å². The van der Waals surface area contributed by atoms with Crippen molar-refractivity contribution < 1.29 is 0 Å². The molecule has 0 atom stereocenters. The van der Waals surface area contributed by atoms with E-state index in [1.165, 1.54) is 35.6 Å². The van der Waals surface area contributed by atoms with Crippen LogP contribution in [0.1, 0.15) is 56.3 Å². The lowest BCUT2D eigenvalue weighted by Gasteiger charge is -2.43. The van der Waals surface area contributed by atoms with E-state index in [2.05, 4.69) is 32.7 Å². The molecule has 0 bridgehead atoms. The van der Waals surface area contributed by atoms with Crippen LogP contribution in [0.3, 0.4) is 0 Å². The fourth-order valence-electron chi connectivity index (χ4n) is 3.41. The van der Waals surface area contributed by atoms with Gasteiger partial charge in [0.2, 0.25) is 0 Å². The molecule has 1 heterocycles. The summed E-state index contributed by atoms with van der Waals surface area (Å²) in [5.41, 5.74) is 6.91. The van der Waals surface area contributed by atoms with Gasteiger partial charge in [-0.3, -0.25) is 0 Å². The van der Waals surface area contributed by atoms with Crippen molar-refractivity contribution in [3.8, 4) is 0 Å². The third kappa shape index (κ3) is 3.57. The van der Waals surface area contributed by atoms with Crippen molar-refractivity contribution in [2.75, 3.05) is 6.54 Å². The topological polar surface area (TPSA) is 38.9 Å². The molecule has 0 unspecified atom stereocenters. The largest absolute Gasteiger partial charge is 0.330 e. The number of rotatable bonds is 3. The highest BCUT2D eigenvalue weighted by molar-refractivity contribution is 7.11. The summed E-state index contributed by atoms with van der Waals surface area (Å²) in [5, 5.41) is 1.17. The Labute approximate surface area is 121 Å². The molecular weight excluding hydrogens is 252 g/mol. The summed E-state index contributed by atoms with van der Waals surface area (Å²) in [6.07, 6.45) is 8.40. The zero-order chi connectivity index (χ0) is 14.1. The number of nitrogens with two attached hydrogens (primary N) is 1. The van der Waals surface area contributed by atoms with E-state index in [0.29, 0.717) is 10.8 Å². The van der Waals surface area contributed by atoms with Gasteiger partial charge in [-0.25, -0.2) is 4.98 Å². The molecular formula is C16H28N2S. The molecule has 0 saturated heterocycles. The average Bonchev–Trinajstić information content (AvgIpc) is 2.74. The molecule has 0 radical (unpaired) electrons. The number of nitrogens with zero attached hydrogens (tertiary/aromatic N) is 1. The van der Waals surface area contributed by atoms with Gasteiger partial charge in [-0.2, -0.15) is 0 Å². The number of hydrogen-bond acceptors (Lipinski definition) is 3. The fourth-order valence-corrected chi connectivity index (χ4v) is 4.37. The lowest BCUT2D eigenvalue weighted by Crippen LogP contribution is -2.39. The van der Waals surface area contributed by atoms with Gasteiger partial charge in [-0.1, -0.05) is 20.8 Å². The second kappa shape index (κ2) is 5.53. The molecule has 1 aromatic heterocycles. The van der Waals surface area contributed by atoms with E-state index >= 15 is 0 Å². The smallest absolute Gasteiger partial charge is 0.0896 e. The Morgan fingerprint density at radius 2 is 2.00 bits per heavy atom. The van der Waals surface area contributed by atoms with Crippen LogP contribution in [0.25, 0.3) is 0 Å². The van der Waals surface area contributed by atoms with E-state index in [1.807, 2.05) is 17.5 Å². The lowest BCUT2D eigenvalue weighted by molar-refractivity contribution is 0.0931. The summed E-state index contributed by atoms with van der Waals surface area (Å²) < 4.78 is 0. The maximum Gasteiger partial charge on any atom is 0.0896 e. The van der Waals surface area contributed by atoms with Gasteiger partial charge in [0.1, 0.15) is 0 Å². The molecule has 3 heteroatoms. The van der Waals surface area contributed by atoms with Crippen molar-refractivity contribution in [2.24, 2.45) is 22.5 Å². The Morgan fingerprint density at radius 1 is 1.37 bits per heavy atom. The molecule has 0 amide bonds. The Morgan fingerprint density at radius 3 is 2.42 bits per heavy atom. The molecule has 2 N–H and O–H groups in total. The van der Waals surface area contributed by atoms with Gasteiger partial charge in [0.05, 0.1) is 5.01 Å². The second-order valence-electron chi connectivity index (χ2n) is 7.37. The molecule has 0 aromatic carbocycles. The normalized spacial score (nSPS) is 28.6. The van der Waals surface area contributed by atoms with E-state index in [1.54, 1.807) is 0 Å². The van der Waals surface area contributed by atoms with Gasteiger partial charge in [0.15, 0.2) is 0 Å². The van der Waals surface area contributed by atoms with E-state index in [4.69, 9.17) is 5.73 Å². The van der Waals surface area contributed by atoms with Gasteiger partial charge in [-0.05, 0) is 62.3 Å². The van der Waals surface area contributed by atoms with Crippen molar-refractivity contribution in [1.29, 1.82) is 0 Å². The highest BCUT2D eigenvalue weighted by atomic mass is 32.1. The lowest BCUT2D eigenvalue weighted by atomic mass is 9.63. The Hall–Kier alpha value is -0.410. The Bertz CT molecular complexity index is 409. The quantitative estimate of drug-likeness (QED) is 0.902. The molecule has 1 saturated carbocycles. The first-order chi connectivity index (χ1) is 8.85. The number of thiazole rings is 1. The van der Waals surface area contributed by atoms with Crippen molar-refractivity contribution in [2.45, 2.75) is 59.8 Å². The van der Waals surface area contributed by atoms with Gasteiger partial charge in [-0.15, -0.1) is 11.3 Å². The minimum atomic E-state index is 0.334. The van der Waals surface area contributed by atoms with Crippen LogP contribution in [0.15, 0.2) is 6.20 Å². The van der Waals surface area contributed by atoms with Gasteiger partial charge in [0.25, 0.3) is 0 Å². The van der Waals surface area contributed by atoms with E-state index in [9.17, 15) is 0 Å². The Balaban J connectivity index is 2.02. The first-order valence-corrected chi connectivity index (χ1v) is 8.28. The van der Waals surface area contributed by atoms with Gasteiger partial charge in [0, 0.05) is 11.1 Å². The first-order valence-electron chi connectivity index (χ1n) is 7.46. The highest BCUT2D eigenvalue weighted by Gasteiger charge is 2.38. The molecule has 108 valence electrons. The average molecular weight is 280 g/mol. The predicted octanol–water partition coefficient (Wildman–Crippen LogP) is 4.18. The monoisotopic (exact) mass is 280 g/mol. The molecule has 0 aliphatic heterocycles. The minimum Gasteiger partial charge on any atom is -0.330 e. The third-order valence-electron chi connectivity index (χ3n) is 4.92. The predicted molar refractivity (Wildman–Crippen MR) is 83.5 cm³/mol. The van der Waals surface area contributed by atoms with E-state index in [0.717, 1.165) is 18.9 Å². The number of hydrogen-bond donors (Lipinski definition) is 1. The molecule has 1 fully saturated rings. The summed E-state index contributed by atoms with van der Waals surface area (Å²) in [6, 6.07) is 0. The standard InChI is InChI=1S/C16H28N2S/c1-12-18-10-14(19-12)9-16(11-17)7-5-13(6-8-16)15(2,3)4/h10,13H,5-9,11,17H2,1-4H3. The second-order valence-corrected chi connectivity index (χ2v) is 8.69. The van der Waals surface area contributed by atoms with Crippen LogP contribution in [0, 0.1) is 23.7 Å². The zero-order valence-corrected chi connectivity index (χ0v) is 13.6. The van der Waals surface area contributed by atoms with Crippen molar-refractivity contribution >= 4 is 11.3 Å². The number of aromatic nitrogens is 1. The highest BCUT2D eigenvalue weighted by Crippen LogP contribution is 2.46. The summed E-state index contributed by atoms with van der Waals surface area (Å²) in [4.78, 5) is 5.79. The van der Waals surface area contributed by atoms with Crippen molar-refractivity contribution in [3.05, 3.63) is 16.1 Å². The molecule has 0 spiro atoms. The first kappa shape index (κ1) is 15.0. The minimum absolute atomic E-state index is 0.334. The van der Waals surface area contributed by atoms with Crippen molar-refractivity contribution in [3.63, 3.8) is 0 Å². The molecule has 2 rings (SSSR count). The van der Waals surface area contributed by atoms with Crippen LogP contribution in [0.2, 0.25) is 0 Å². The number of aryl methyl sites for hydroxylation is 1. The zero-order valence-electron chi connectivity index (χ0n) is 12.8. The van der Waals surface area contributed by atoms with E-state index < -0.39 is 0 Å². The van der Waals surface area contributed by atoms with E-state index in [-0.39, 0.29) is 0 Å². The van der Waals surface area contributed by atoms with Crippen LogP contribution >= 0.6 is 11.3 Å². The molecule has 1 aromatic rings. The summed E-state index contributed by atoms with van der Waals surface area (Å²) >= 11 is 1.83. The fraction of sp³-hybridized carbons (Fsp3) is 0.812. The van der Waals surface area contributed by atoms with Crippen LogP contribution in [0.5, 0.6) is 0 Å². The maximum atomic E-state index is 6.13. The van der Waals surface area contributed by atoms with Crippen LogP contribution in [-0.2, 0) is 6.42 Å². The molecule has 2 nitrogen and oxygen atoms in total. The molecule has 1 aliphatic carbocycles. The van der Waals surface area contributed by atoms with Gasteiger partial charge >= 0.3 is 0 Å². The van der Waals surface area contributed by atoms with Crippen LogP contribution in [0.4, 0.5) is 0 Å². The Kier molecular flexibility index (Phi) is 4.36. The summed E-state index contributed by atoms with van der Waals surface area (Å²) in [7, 11) is 0. The molecule has 19 heavy (non-hydrogen) atoms. The SMILES string of the molecule is Cc1ncc(CC2(CN)CCC(C(C)(C)C)CC2)s1.